The number of hydrogen-bond acceptors (Lipinski definition) is 4. The summed E-state index contributed by atoms with van der Waals surface area (Å²) < 4.78 is 25.3. The Balaban J connectivity index is 1.78. The Morgan fingerprint density at radius 3 is 2.43 bits per heavy atom. The van der Waals surface area contributed by atoms with Gasteiger partial charge in [0.05, 0.1) is 25.2 Å². The Kier molecular flexibility index (Phi) is 3.65. The van der Waals surface area contributed by atoms with Crippen molar-refractivity contribution >= 4 is 11.8 Å². The van der Waals surface area contributed by atoms with Crippen LogP contribution in [0.1, 0.15) is 19.3 Å². The summed E-state index contributed by atoms with van der Waals surface area (Å²) >= 11 is 0. The van der Waals surface area contributed by atoms with Gasteiger partial charge in [-0.1, -0.05) is 0 Å². The topological polar surface area (TPSA) is 81.9 Å². The number of carbonyl (C=O) groups excluding carboxylic acids is 2. The van der Waals surface area contributed by atoms with E-state index < -0.39 is 22.9 Å². The van der Waals surface area contributed by atoms with Gasteiger partial charge in [-0.2, -0.15) is 0 Å². The predicted octanol–water partition coefficient (Wildman–Crippen LogP) is -0.144. The molecule has 2 atom stereocenters. The van der Waals surface area contributed by atoms with Gasteiger partial charge < -0.3 is 20.1 Å². The maximum absolute atomic E-state index is 14.8. The van der Waals surface area contributed by atoms with E-state index in [4.69, 9.17) is 15.2 Å². The van der Waals surface area contributed by atoms with E-state index in [1.54, 1.807) is 0 Å². The van der Waals surface area contributed by atoms with E-state index in [1.165, 1.54) is 4.90 Å². The van der Waals surface area contributed by atoms with Crippen molar-refractivity contribution in [2.75, 3.05) is 39.5 Å². The number of alkyl halides is 1. The molecule has 6 nitrogen and oxygen atoms in total. The van der Waals surface area contributed by atoms with Crippen LogP contribution in [0.4, 0.5) is 4.39 Å². The van der Waals surface area contributed by atoms with E-state index in [1.807, 2.05) is 0 Å². The summed E-state index contributed by atoms with van der Waals surface area (Å²) in [6, 6.07) is 0. The van der Waals surface area contributed by atoms with Crippen LogP contribution in [0.3, 0.4) is 0 Å². The lowest BCUT2D eigenvalue weighted by molar-refractivity contribution is -0.150. The highest BCUT2D eigenvalue weighted by atomic mass is 19.1. The SMILES string of the molecule is NC(=O)[C@]12CCOC[C@H]1CN(C(=O)C1(F)CCOCC1)C2. The fraction of sp³-hybridized carbons (Fsp3) is 0.857. The number of nitrogens with zero attached hydrogens (tertiary/aromatic N) is 1. The molecule has 3 fully saturated rings. The molecule has 0 aromatic heterocycles. The molecule has 0 aliphatic carbocycles. The van der Waals surface area contributed by atoms with Gasteiger partial charge in [-0.25, -0.2) is 4.39 Å². The summed E-state index contributed by atoms with van der Waals surface area (Å²) in [5, 5.41) is 0. The van der Waals surface area contributed by atoms with E-state index in [-0.39, 0.29) is 38.5 Å². The van der Waals surface area contributed by atoms with E-state index in [9.17, 15) is 14.0 Å². The highest BCUT2D eigenvalue weighted by molar-refractivity contribution is 5.88. The first-order valence-electron chi connectivity index (χ1n) is 7.42. The fourth-order valence-corrected chi connectivity index (χ4v) is 3.70. The number of carbonyl (C=O) groups is 2. The van der Waals surface area contributed by atoms with Gasteiger partial charge in [0.25, 0.3) is 5.91 Å². The molecule has 118 valence electrons. The minimum Gasteiger partial charge on any atom is -0.381 e. The maximum atomic E-state index is 14.8. The zero-order valence-electron chi connectivity index (χ0n) is 12.0. The number of hydrogen-bond donors (Lipinski definition) is 1. The van der Waals surface area contributed by atoms with E-state index >= 15 is 0 Å². The minimum atomic E-state index is -1.87. The molecular formula is C14H21FN2O4. The largest absolute Gasteiger partial charge is 0.381 e. The molecule has 3 heterocycles. The Bertz CT molecular complexity index is 452. The van der Waals surface area contributed by atoms with Crippen molar-refractivity contribution in [2.45, 2.75) is 24.9 Å². The lowest BCUT2D eigenvalue weighted by Gasteiger charge is -2.35. The van der Waals surface area contributed by atoms with Crippen molar-refractivity contribution in [1.29, 1.82) is 0 Å². The minimum absolute atomic E-state index is 0.0765. The second-order valence-electron chi connectivity index (χ2n) is 6.31. The second kappa shape index (κ2) is 5.21. The van der Waals surface area contributed by atoms with Crippen molar-refractivity contribution in [3.8, 4) is 0 Å². The van der Waals surface area contributed by atoms with Crippen LogP contribution in [-0.4, -0.2) is 61.9 Å². The Morgan fingerprint density at radius 1 is 1.14 bits per heavy atom. The van der Waals surface area contributed by atoms with Crippen molar-refractivity contribution in [3.05, 3.63) is 0 Å². The van der Waals surface area contributed by atoms with Gasteiger partial charge >= 0.3 is 0 Å². The molecule has 0 unspecified atom stereocenters. The molecule has 0 aromatic carbocycles. The van der Waals surface area contributed by atoms with Crippen LogP contribution in [0.15, 0.2) is 0 Å². The van der Waals surface area contributed by atoms with Crippen molar-refractivity contribution in [1.82, 2.24) is 4.90 Å². The van der Waals surface area contributed by atoms with Gasteiger partial charge in [-0.3, -0.25) is 9.59 Å². The molecule has 3 saturated heterocycles. The molecule has 3 aliphatic heterocycles. The van der Waals surface area contributed by atoms with Crippen LogP contribution in [0.5, 0.6) is 0 Å². The molecule has 2 amide bonds. The standard InChI is InChI=1S/C14H21FN2O4/c15-14(2-5-20-6-3-14)12(19)17-7-10-8-21-4-1-13(10,9-17)11(16)18/h10H,1-9H2,(H2,16,18)/t10-,13+/m1/s1. The van der Waals surface area contributed by atoms with E-state index in [2.05, 4.69) is 0 Å². The molecule has 0 aromatic rings. The van der Waals surface area contributed by atoms with E-state index in [0.717, 1.165) is 0 Å². The number of nitrogens with two attached hydrogens (primary N) is 1. The number of ether oxygens (including phenoxy) is 2. The van der Waals surface area contributed by atoms with Crippen LogP contribution < -0.4 is 5.73 Å². The molecule has 3 rings (SSSR count). The van der Waals surface area contributed by atoms with Crippen molar-refractivity contribution < 1.29 is 23.5 Å². The molecular weight excluding hydrogens is 279 g/mol. The molecule has 21 heavy (non-hydrogen) atoms. The number of primary amides is 1. The fourth-order valence-electron chi connectivity index (χ4n) is 3.70. The summed E-state index contributed by atoms with van der Waals surface area (Å²) in [7, 11) is 0. The monoisotopic (exact) mass is 300 g/mol. The molecule has 0 saturated carbocycles. The summed E-state index contributed by atoms with van der Waals surface area (Å²) in [4.78, 5) is 25.9. The third-order valence-electron chi connectivity index (χ3n) is 5.15. The smallest absolute Gasteiger partial charge is 0.260 e. The summed E-state index contributed by atoms with van der Waals surface area (Å²) in [5.41, 5.74) is 2.95. The zero-order valence-corrected chi connectivity index (χ0v) is 12.0. The van der Waals surface area contributed by atoms with E-state index in [0.29, 0.717) is 26.2 Å². The first kappa shape index (κ1) is 14.7. The summed E-state index contributed by atoms with van der Waals surface area (Å²) in [6.07, 6.45) is 0.652. The van der Waals surface area contributed by atoms with Gasteiger partial charge in [-0.15, -0.1) is 0 Å². The number of likely N-dealkylation sites (tertiary alicyclic amines) is 1. The van der Waals surface area contributed by atoms with Crippen LogP contribution >= 0.6 is 0 Å². The summed E-state index contributed by atoms with van der Waals surface area (Å²) in [5.74, 6) is -1.07. The first-order valence-corrected chi connectivity index (χ1v) is 7.42. The van der Waals surface area contributed by atoms with Gasteiger partial charge in [0.1, 0.15) is 0 Å². The lowest BCUT2D eigenvalue weighted by atomic mass is 9.74. The van der Waals surface area contributed by atoms with Crippen LogP contribution in [-0.2, 0) is 19.1 Å². The Hall–Kier alpha value is -1.21. The van der Waals surface area contributed by atoms with Gasteiger partial charge in [0.15, 0.2) is 5.67 Å². The first-order chi connectivity index (χ1) is 9.98. The van der Waals surface area contributed by atoms with Crippen molar-refractivity contribution in [2.24, 2.45) is 17.1 Å². The summed E-state index contributed by atoms with van der Waals surface area (Å²) in [6.45, 7) is 1.91. The quantitative estimate of drug-likeness (QED) is 0.769. The average molecular weight is 300 g/mol. The molecule has 0 spiro atoms. The molecule has 7 heteroatoms. The molecule has 2 N–H and O–H groups in total. The highest BCUT2D eigenvalue weighted by Crippen LogP contribution is 2.43. The van der Waals surface area contributed by atoms with Crippen LogP contribution in [0.2, 0.25) is 0 Å². The van der Waals surface area contributed by atoms with Crippen LogP contribution in [0.25, 0.3) is 0 Å². The number of amides is 2. The molecule has 0 radical (unpaired) electrons. The highest BCUT2D eigenvalue weighted by Gasteiger charge is 2.56. The normalized spacial score (nSPS) is 35.3. The zero-order chi connectivity index (χ0) is 15.1. The number of fused-ring (bicyclic) bond motifs is 1. The molecule has 0 bridgehead atoms. The van der Waals surface area contributed by atoms with Gasteiger partial charge in [-0.05, 0) is 6.42 Å². The molecule has 3 aliphatic rings. The number of rotatable bonds is 2. The third-order valence-corrected chi connectivity index (χ3v) is 5.15. The Morgan fingerprint density at radius 2 is 1.81 bits per heavy atom. The van der Waals surface area contributed by atoms with Crippen LogP contribution in [0, 0.1) is 11.3 Å². The average Bonchev–Trinajstić information content (AvgIpc) is 2.88. The van der Waals surface area contributed by atoms with Gasteiger partial charge in [0.2, 0.25) is 5.91 Å². The predicted molar refractivity (Wildman–Crippen MR) is 71.0 cm³/mol. The van der Waals surface area contributed by atoms with Crippen molar-refractivity contribution in [3.63, 3.8) is 0 Å². The number of halogens is 1. The second-order valence-corrected chi connectivity index (χ2v) is 6.31. The van der Waals surface area contributed by atoms with Gasteiger partial charge in [0, 0.05) is 38.5 Å². The lowest BCUT2D eigenvalue weighted by Crippen LogP contribution is -2.51. The third kappa shape index (κ3) is 2.32. The Labute approximate surface area is 122 Å². The maximum Gasteiger partial charge on any atom is 0.260 e.